The predicted octanol–water partition coefficient (Wildman–Crippen LogP) is 2.00. The number of halogens is 1. The van der Waals surface area contributed by atoms with Gasteiger partial charge < -0.3 is 20.1 Å². The maximum atomic E-state index is 13.5. The summed E-state index contributed by atoms with van der Waals surface area (Å²) < 4.78 is 24.0. The molecule has 2 aromatic rings. The van der Waals surface area contributed by atoms with Crippen LogP contribution in [0.1, 0.15) is 11.1 Å². The highest BCUT2D eigenvalue weighted by Gasteiger charge is 2.13. The van der Waals surface area contributed by atoms with Crippen LogP contribution in [0.3, 0.4) is 0 Å². The molecule has 0 aromatic heterocycles. The molecule has 2 N–H and O–H groups in total. The Morgan fingerprint density at radius 1 is 1.12 bits per heavy atom. The van der Waals surface area contributed by atoms with Gasteiger partial charge in [0, 0.05) is 13.1 Å². The van der Waals surface area contributed by atoms with Crippen LogP contribution in [0, 0.1) is 5.82 Å². The molecule has 0 bridgehead atoms. The van der Waals surface area contributed by atoms with E-state index in [1.807, 2.05) is 18.2 Å². The van der Waals surface area contributed by atoms with Gasteiger partial charge in [0.2, 0.25) is 12.7 Å². The monoisotopic (exact) mass is 330 g/mol. The van der Waals surface area contributed by atoms with E-state index in [9.17, 15) is 9.18 Å². The fourth-order valence-electron chi connectivity index (χ4n) is 2.47. The highest BCUT2D eigenvalue weighted by Crippen LogP contribution is 2.32. The second-order valence-electron chi connectivity index (χ2n) is 5.48. The number of fused-ring (bicyclic) bond motifs is 1. The molecule has 2 aromatic carbocycles. The van der Waals surface area contributed by atoms with Crippen molar-refractivity contribution in [3.8, 4) is 11.5 Å². The van der Waals surface area contributed by atoms with Gasteiger partial charge in [-0.1, -0.05) is 24.3 Å². The highest BCUT2D eigenvalue weighted by molar-refractivity contribution is 5.77. The van der Waals surface area contributed by atoms with Gasteiger partial charge in [-0.25, -0.2) is 4.39 Å². The third-order valence-corrected chi connectivity index (χ3v) is 3.73. The molecular weight excluding hydrogens is 311 g/mol. The summed E-state index contributed by atoms with van der Waals surface area (Å²) in [5, 5.41) is 5.84. The van der Waals surface area contributed by atoms with E-state index in [1.165, 1.54) is 6.07 Å². The molecule has 1 aliphatic heterocycles. The minimum absolute atomic E-state index is 0.118. The molecule has 1 amide bonds. The van der Waals surface area contributed by atoms with Crippen LogP contribution in [0.4, 0.5) is 4.39 Å². The fourth-order valence-corrected chi connectivity index (χ4v) is 2.47. The molecule has 0 saturated heterocycles. The smallest absolute Gasteiger partial charge is 0.233 e. The van der Waals surface area contributed by atoms with Gasteiger partial charge in [-0.2, -0.15) is 0 Å². The first-order valence-corrected chi connectivity index (χ1v) is 7.82. The van der Waals surface area contributed by atoms with Gasteiger partial charge in [-0.05, 0) is 35.7 Å². The Morgan fingerprint density at radius 2 is 1.96 bits per heavy atom. The molecule has 0 fully saturated rings. The topological polar surface area (TPSA) is 59.6 Å². The SMILES string of the molecule is O=C(CNCc1ccc2c(c1)OCO2)NCCc1ccccc1F. The van der Waals surface area contributed by atoms with Crippen molar-refractivity contribution in [3.05, 3.63) is 59.4 Å². The lowest BCUT2D eigenvalue weighted by Gasteiger charge is -2.08. The maximum Gasteiger partial charge on any atom is 0.233 e. The van der Waals surface area contributed by atoms with Gasteiger partial charge in [0.25, 0.3) is 0 Å². The van der Waals surface area contributed by atoms with Gasteiger partial charge >= 0.3 is 0 Å². The van der Waals surface area contributed by atoms with Crippen LogP contribution < -0.4 is 20.1 Å². The minimum Gasteiger partial charge on any atom is -0.454 e. The number of nitrogens with one attached hydrogen (secondary N) is 2. The number of benzene rings is 2. The van der Waals surface area contributed by atoms with Gasteiger partial charge in [0.05, 0.1) is 6.54 Å². The van der Waals surface area contributed by atoms with E-state index in [1.54, 1.807) is 18.2 Å². The molecule has 0 unspecified atom stereocenters. The summed E-state index contributed by atoms with van der Waals surface area (Å²) in [5.41, 5.74) is 1.62. The van der Waals surface area contributed by atoms with E-state index in [-0.39, 0.29) is 25.1 Å². The molecule has 0 radical (unpaired) electrons. The van der Waals surface area contributed by atoms with Crippen molar-refractivity contribution in [2.24, 2.45) is 0 Å². The number of carbonyl (C=O) groups excluding carboxylic acids is 1. The summed E-state index contributed by atoms with van der Waals surface area (Å²) in [7, 11) is 0. The van der Waals surface area contributed by atoms with Crippen LogP contribution in [0.5, 0.6) is 11.5 Å². The van der Waals surface area contributed by atoms with Crippen LogP contribution in [0.15, 0.2) is 42.5 Å². The third kappa shape index (κ3) is 4.23. The van der Waals surface area contributed by atoms with Crippen molar-refractivity contribution in [2.45, 2.75) is 13.0 Å². The minimum atomic E-state index is -0.243. The highest BCUT2D eigenvalue weighted by atomic mass is 19.1. The van der Waals surface area contributed by atoms with Crippen LogP contribution >= 0.6 is 0 Å². The largest absolute Gasteiger partial charge is 0.454 e. The number of rotatable bonds is 7. The van der Waals surface area contributed by atoms with Crippen LogP contribution in [-0.4, -0.2) is 25.8 Å². The van der Waals surface area contributed by atoms with Crippen LogP contribution in [0.2, 0.25) is 0 Å². The van der Waals surface area contributed by atoms with Crippen molar-refractivity contribution < 1.29 is 18.7 Å². The molecule has 24 heavy (non-hydrogen) atoms. The molecule has 0 spiro atoms. The lowest BCUT2D eigenvalue weighted by molar-refractivity contribution is -0.120. The van der Waals surface area contributed by atoms with E-state index in [4.69, 9.17) is 9.47 Å². The fraction of sp³-hybridized carbons (Fsp3) is 0.278. The van der Waals surface area contributed by atoms with Crippen molar-refractivity contribution in [2.75, 3.05) is 19.9 Å². The molecule has 0 aliphatic carbocycles. The standard InChI is InChI=1S/C18H19FN2O3/c19-15-4-2-1-3-14(15)7-8-21-18(22)11-20-10-13-5-6-16-17(9-13)24-12-23-16/h1-6,9,20H,7-8,10-12H2,(H,21,22). The second-order valence-corrected chi connectivity index (χ2v) is 5.48. The van der Waals surface area contributed by atoms with Gasteiger partial charge in [-0.3, -0.25) is 4.79 Å². The van der Waals surface area contributed by atoms with Crippen LogP contribution in [0.25, 0.3) is 0 Å². The first-order chi connectivity index (χ1) is 11.7. The van der Waals surface area contributed by atoms with E-state index >= 15 is 0 Å². The Bertz CT molecular complexity index is 721. The van der Waals surface area contributed by atoms with Crippen LogP contribution in [-0.2, 0) is 17.8 Å². The van der Waals surface area contributed by atoms with E-state index in [0.717, 1.165) is 17.1 Å². The Balaban J connectivity index is 1.36. The Hall–Kier alpha value is -2.60. The quantitative estimate of drug-likeness (QED) is 0.815. The summed E-state index contributed by atoms with van der Waals surface area (Å²) >= 11 is 0. The lowest BCUT2D eigenvalue weighted by atomic mass is 10.1. The van der Waals surface area contributed by atoms with E-state index < -0.39 is 0 Å². The van der Waals surface area contributed by atoms with Crippen molar-refractivity contribution in [1.82, 2.24) is 10.6 Å². The van der Waals surface area contributed by atoms with Crippen molar-refractivity contribution in [1.29, 1.82) is 0 Å². The average Bonchev–Trinajstić information content (AvgIpc) is 3.04. The summed E-state index contributed by atoms with van der Waals surface area (Å²) in [6.45, 7) is 1.41. The molecule has 1 aliphatic rings. The lowest BCUT2D eigenvalue weighted by Crippen LogP contribution is -2.34. The predicted molar refractivity (Wildman–Crippen MR) is 87.4 cm³/mol. The third-order valence-electron chi connectivity index (χ3n) is 3.73. The summed E-state index contributed by atoms with van der Waals surface area (Å²) in [4.78, 5) is 11.8. The van der Waals surface area contributed by atoms with Crippen molar-refractivity contribution >= 4 is 5.91 Å². The van der Waals surface area contributed by atoms with Crippen molar-refractivity contribution in [3.63, 3.8) is 0 Å². The zero-order chi connectivity index (χ0) is 16.8. The summed E-state index contributed by atoms with van der Waals surface area (Å²) in [5.74, 6) is 1.10. The van der Waals surface area contributed by atoms with Gasteiger partial charge in [0.15, 0.2) is 11.5 Å². The number of carbonyl (C=O) groups is 1. The van der Waals surface area contributed by atoms with Gasteiger partial charge in [0.1, 0.15) is 5.82 Å². The zero-order valence-electron chi connectivity index (χ0n) is 13.2. The summed E-state index contributed by atoms with van der Waals surface area (Å²) in [6, 6.07) is 12.3. The molecule has 1 heterocycles. The molecule has 0 atom stereocenters. The second kappa shape index (κ2) is 7.79. The molecule has 126 valence electrons. The molecule has 3 rings (SSSR count). The Kier molecular flexibility index (Phi) is 5.28. The first kappa shape index (κ1) is 16.3. The molecule has 5 nitrogen and oxygen atoms in total. The summed E-state index contributed by atoms with van der Waals surface area (Å²) in [6.07, 6.45) is 0.473. The Morgan fingerprint density at radius 3 is 2.83 bits per heavy atom. The number of hydrogen-bond acceptors (Lipinski definition) is 4. The van der Waals surface area contributed by atoms with Gasteiger partial charge in [-0.15, -0.1) is 0 Å². The molecule has 0 saturated carbocycles. The average molecular weight is 330 g/mol. The Labute approximate surface area is 139 Å². The number of hydrogen-bond donors (Lipinski definition) is 2. The molecule has 6 heteroatoms. The molecular formula is C18H19FN2O3. The van der Waals surface area contributed by atoms with E-state index in [2.05, 4.69) is 10.6 Å². The van der Waals surface area contributed by atoms with E-state index in [0.29, 0.717) is 25.1 Å². The first-order valence-electron chi connectivity index (χ1n) is 7.82. The maximum absolute atomic E-state index is 13.5. The zero-order valence-corrected chi connectivity index (χ0v) is 13.2. The number of amides is 1. The number of ether oxygens (including phenoxy) is 2. The normalized spacial score (nSPS) is 12.2.